The summed E-state index contributed by atoms with van der Waals surface area (Å²) in [6.45, 7) is 3.82. The number of nitrogens with one attached hydrogen (secondary N) is 1. The fraction of sp³-hybridized carbons (Fsp3) is 0.778. The molecule has 1 atom stereocenters. The van der Waals surface area contributed by atoms with Crippen molar-refractivity contribution in [2.45, 2.75) is 38.1 Å². The van der Waals surface area contributed by atoms with Crippen LogP contribution in [0, 0.1) is 0 Å². The third-order valence-corrected chi connectivity index (χ3v) is 2.27. The average molecular weight is 265 g/mol. The molecule has 0 aromatic heterocycles. The maximum atomic E-state index is 11.3. The zero-order chi connectivity index (χ0) is 11.0. The monoisotopic (exact) mass is 266 g/mol. The molecule has 0 rings (SSSR count). The van der Waals surface area contributed by atoms with Crippen LogP contribution in [0.3, 0.4) is 0 Å². The van der Waals surface area contributed by atoms with Gasteiger partial charge < -0.3 is 0 Å². The van der Waals surface area contributed by atoms with Crippen molar-refractivity contribution in [1.29, 1.82) is 0 Å². The van der Waals surface area contributed by atoms with E-state index < -0.39 is 6.04 Å². The van der Waals surface area contributed by atoms with Gasteiger partial charge in [-0.05, 0) is 0 Å². The van der Waals surface area contributed by atoms with Gasteiger partial charge in [-0.25, -0.2) is 0 Å². The summed E-state index contributed by atoms with van der Waals surface area (Å²) >= 11 is 2.70. The SMILES string of the molecule is CCCCOC(=O)[C@H](C[Se])NC(C)=O. The van der Waals surface area contributed by atoms with Gasteiger partial charge in [-0.3, -0.25) is 0 Å². The van der Waals surface area contributed by atoms with Gasteiger partial charge in [-0.15, -0.1) is 0 Å². The predicted molar refractivity (Wildman–Crippen MR) is 54.0 cm³/mol. The first-order chi connectivity index (χ1) is 6.61. The van der Waals surface area contributed by atoms with Crippen LogP contribution >= 0.6 is 0 Å². The molecule has 0 aromatic carbocycles. The molecule has 0 saturated carbocycles. The van der Waals surface area contributed by atoms with Crippen molar-refractivity contribution in [3.63, 3.8) is 0 Å². The number of carbonyl (C=O) groups is 2. The van der Waals surface area contributed by atoms with Crippen LogP contribution in [0.1, 0.15) is 26.7 Å². The normalized spacial score (nSPS) is 11.9. The fourth-order valence-electron chi connectivity index (χ4n) is 0.832. The van der Waals surface area contributed by atoms with Crippen LogP contribution in [0.4, 0.5) is 0 Å². The molecule has 81 valence electrons. The number of hydrogen-bond donors (Lipinski definition) is 1. The average Bonchev–Trinajstić information content (AvgIpc) is 2.14. The predicted octanol–water partition coefficient (Wildman–Crippen LogP) is 0.421. The number of hydrogen-bond acceptors (Lipinski definition) is 3. The molecule has 1 radical (unpaired) electrons. The third kappa shape index (κ3) is 6.00. The van der Waals surface area contributed by atoms with Gasteiger partial charge >= 0.3 is 92.2 Å². The summed E-state index contributed by atoms with van der Waals surface area (Å²) < 4.78 is 4.96. The molecule has 14 heavy (non-hydrogen) atoms. The first-order valence-electron chi connectivity index (χ1n) is 4.63. The van der Waals surface area contributed by atoms with Gasteiger partial charge in [0.05, 0.1) is 0 Å². The Hall–Kier alpha value is -0.541. The van der Waals surface area contributed by atoms with Gasteiger partial charge in [0.25, 0.3) is 0 Å². The van der Waals surface area contributed by atoms with Gasteiger partial charge in [0.1, 0.15) is 0 Å². The van der Waals surface area contributed by atoms with E-state index in [0.717, 1.165) is 12.8 Å². The molecule has 0 aliphatic rings. The summed E-state index contributed by atoms with van der Waals surface area (Å²) in [5.41, 5.74) is 0. The molecule has 0 unspecified atom stereocenters. The summed E-state index contributed by atoms with van der Waals surface area (Å²) in [6, 6.07) is -0.552. The van der Waals surface area contributed by atoms with Crippen molar-refractivity contribution in [2.24, 2.45) is 0 Å². The Kier molecular flexibility index (Phi) is 7.52. The summed E-state index contributed by atoms with van der Waals surface area (Å²) in [6.07, 6.45) is 1.84. The molecule has 4 nitrogen and oxygen atoms in total. The van der Waals surface area contributed by atoms with Crippen LogP contribution in [0.2, 0.25) is 5.32 Å². The molecule has 1 N–H and O–H groups in total. The Morgan fingerprint density at radius 2 is 2.14 bits per heavy atom. The molecule has 0 bridgehead atoms. The van der Waals surface area contributed by atoms with E-state index in [1.165, 1.54) is 6.92 Å². The van der Waals surface area contributed by atoms with Gasteiger partial charge in [0.2, 0.25) is 0 Å². The van der Waals surface area contributed by atoms with E-state index in [-0.39, 0.29) is 11.9 Å². The van der Waals surface area contributed by atoms with E-state index in [0.29, 0.717) is 11.9 Å². The second kappa shape index (κ2) is 7.83. The van der Waals surface area contributed by atoms with Gasteiger partial charge in [0.15, 0.2) is 0 Å². The van der Waals surface area contributed by atoms with Crippen LogP contribution in [-0.4, -0.2) is 40.5 Å². The Balaban J connectivity index is 3.85. The number of esters is 1. The Morgan fingerprint density at radius 3 is 2.57 bits per heavy atom. The zero-order valence-corrected chi connectivity index (χ0v) is 10.3. The first-order valence-corrected chi connectivity index (χ1v) is 5.84. The summed E-state index contributed by atoms with van der Waals surface area (Å²) in [4.78, 5) is 22.0. The van der Waals surface area contributed by atoms with Crippen molar-refractivity contribution in [3.05, 3.63) is 0 Å². The number of ether oxygens (including phenoxy) is 1. The van der Waals surface area contributed by atoms with E-state index in [4.69, 9.17) is 4.74 Å². The van der Waals surface area contributed by atoms with E-state index >= 15 is 0 Å². The van der Waals surface area contributed by atoms with Crippen molar-refractivity contribution >= 4 is 27.9 Å². The van der Waals surface area contributed by atoms with Crippen LogP contribution in [-0.2, 0) is 14.3 Å². The van der Waals surface area contributed by atoms with Gasteiger partial charge in [-0.1, -0.05) is 0 Å². The Bertz CT molecular complexity index is 196. The van der Waals surface area contributed by atoms with Gasteiger partial charge in [0, 0.05) is 0 Å². The third-order valence-electron chi connectivity index (χ3n) is 1.57. The van der Waals surface area contributed by atoms with Crippen molar-refractivity contribution < 1.29 is 14.3 Å². The molecule has 0 spiro atoms. The summed E-state index contributed by atoms with van der Waals surface area (Å²) in [5, 5.41) is 2.95. The Morgan fingerprint density at radius 1 is 1.50 bits per heavy atom. The zero-order valence-electron chi connectivity index (χ0n) is 8.54. The molecule has 5 heteroatoms. The molecular formula is C9H16NO3Se. The number of unbranched alkanes of at least 4 members (excludes halogenated alkanes) is 1. The van der Waals surface area contributed by atoms with E-state index in [1.54, 1.807) is 0 Å². The van der Waals surface area contributed by atoms with Crippen molar-refractivity contribution in [1.82, 2.24) is 5.32 Å². The van der Waals surface area contributed by atoms with Crippen LogP contribution in [0.25, 0.3) is 0 Å². The quantitative estimate of drug-likeness (QED) is 0.430. The molecule has 0 saturated heterocycles. The first kappa shape index (κ1) is 13.5. The number of carbonyl (C=O) groups excluding carboxylic acids is 2. The molecule has 1 amide bonds. The summed E-state index contributed by atoms with van der Waals surface area (Å²) in [5.74, 6) is -0.593. The van der Waals surface area contributed by atoms with E-state index in [2.05, 4.69) is 21.3 Å². The minimum atomic E-state index is -0.552. The topological polar surface area (TPSA) is 55.4 Å². The molecule has 0 heterocycles. The molecule has 0 aliphatic carbocycles. The Labute approximate surface area is 92.6 Å². The second-order valence-electron chi connectivity index (χ2n) is 2.94. The van der Waals surface area contributed by atoms with Crippen LogP contribution in [0.5, 0.6) is 0 Å². The van der Waals surface area contributed by atoms with Crippen LogP contribution in [0.15, 0.2) is 0 Å². The number of amides is 1. The molecule has 0 fully saturated rings. The van der Waals surface area contributed by atoms with E-state index in [9.17, 15) is 9.59 Å². The molecular weight excluding hydrogens is 249 g/mol. The summed E-state index contributed by atoms with van der Waals surface area (Å²) in [7, 11) is 0. The van der Waals surface area contributed by atoms with Crippen LogP contribution < -0.4 is 5.32 Å². The number of rotatable bonds is 6. The second-order valence-corrected chi connectivity index (χ2v) is 3.64. The van der Waals surface area contributed by atoms with E-state index in [1.807, 2.05) is 6.92 Å². The minimum absolute atomic E-state index is 0.224. The van der Waals surface area contributed by atoms with Gasteiger partial charge in [-0.2, -0.15) is 0 Å². The molecule has 0 aliphatic heterocycles. The standard InChI is InChI=1S/C9H16NO3Se/c1-3-4-5-13-9(12)8(6-14)10-7(2)11/h8H,3-6H2,1-2H3,(H,10,11)/t8-/m0/s1. The molecule has 0 aromatic rings. The fourth-order valence-corrected chi connectivity index (χ4v) is 1.29. The van der Waals surface area contributed by atoms with Crippen molar-refractivity contribution in [3.8, 4) is 0 Å². The van der Waals surface area contributed by atoms with Crippen molar-refractivity contribution in [2.75, 3.05) is 6.61 Å². The maximum absolute atomic E-state index is 11.3.